The van der Waals surface area contributed by atoms with E-state index in [4.69, 9.17) is 0 Å². The van der Waals surface area contributed by atoms with Gasteiger partial charge in [-0.05, 0) is 34.5 Å². The summed E-state index contributed by atoms with van der Waals surface area (Å²) in [5.41, 5.74) is 1.23. The third-order valence-corrected chi connectivity index (χ3v) is 4.24. The average molecular weight is 325 g/mol. The molecule has 1 amide bonds. The first-order valence-electron chi connectivity index (χ1n) is 6.99. The fourth-order valence-corrected chi connectivity index (χ4v) is 2.93. The van der Waals surface area contributed by atoms with E-state index < -0.39 is 0 Å². The number of nitrogens with zero attached hydrogens (tertiary/aromatic N) is 2. The van der Waals surface area contributed by atoms with Crippen molar-refractivity contribution >= 4 is 27.5 Å². The molecule has 0 radical (unpaired) electrons. The van der Waals surface area contributed by atoms with Crippen LogP contribution in [0.25, 0.3) is 0 Å². The molecule has 0 atom stereocenters. The van der Waals surface area contributed by atoms with Crippen molar-refractivity contribution in [2.24, 2.45) is 0 Å². The number of hydrogen-bond donors (Lipinski definition) is 0. The van der Waals surface area contributed by atoms with Gasteiger partial charge in [0.2, 0.25) is 5.91 Å². The van der Waals surface area contributed by atoms with Gasteiger partial charge in [-0.1, -0.05) is 25.5 Å². The number of carbonyl (C=O) groups is 1. The summed E-state index contributed by atoms with van der Waals surface area (Å²) in [5, 5.41) is 0. The maximum atomic E-state index is 12.0. The molecule has 1 aromatic rings. The predicted molar refractivity (Wildman–Crippen MR) is 82.5 cm³/mol. The first-order valence-corrected chi connectivity index (χ1v) is 7.79. The Morgan fingerprint density at radius 2 is 1.89 bits per heavy atom. The van der Waals surface area contributed by atoms with Crippen LogP contribution in [0.15, 0.2) is 28.7 Å². The van der Waals surface area contributed by atoms with Crippen molar-refractivity contribution < 1.29 is 4.79 Å². The van der Waals surface area contributed by atoms with E-state index in [1.165, 1.54) is 5.69 Å². The second-order valence-electron chi connectivity index (χ2n) is 4.92. The molecule has 0 unspecified atom stereocenters. The molecular weight excluding hydrogens is 304 g/mol. The first-order chi connectivity index (χ1) is 9.22. The number of halogens is 1. The second-order valence-corrected chi connectivity index (χ2v) is 5.78. The Balaban J connectivity index is 1.89. The summed E-state index contributed by atoms with van der Waals surface area (Å²) in [6.45, 7) is 5.63. The summed E-state index contributed by atoms with van der Waals surface area (Å²) < 4.78 is 1.13. The van der Waals surface area contributed by atoms with Gasteiger partial charge in [-0.2, -0.15) is 0 Å². The highest BCUT2D eigenvalue weighted by Crippen LogP contribution is 2.26. The van der Waals surface area contributed by atoms with Gasteiger partial charge in [0.1, 0.15) is 0 Å². The molecule has 2 rings (SSSR count). The molecule has 0 N–H and O–H groups in total. The lowest BCUT2D eigenvalue weighted by molar-refractivity contribution is -0.131. The minimum absolute atomic E-state index is 0.314. The molecule has 1 heterocycles. The topological polar surface area (TPSA) is 23.6 Å². The number of piperazine rings is 1. The standard InChI is InChI=1S/C15H21BrN2O/c1-2-3-8-15(19)18-11-9-17(10-12-18)14-7-5-4-6-13(14)16/h4-7H,2-3,8-12H2,1H3. The molecule has 3 nitrogen and oxygen atoms in total. The molecular formula is C15H21BrN2O. The van der Waals surface area contributed by atoms with Gasteiger partial charge in [0.15, 0.2) is 0 Å². The largest absolute Gasteiger partial charge is 0.367 e. The fourth-order valence-electron chi connectivity index (χ4n) is 2.39. The number of rotatable bonds is 4. The Hall–Kier alpha value is -1.03. The number of amides is 1. The highest BCUT2D eigenvalue weighted by Gasteiger charge is 2.21. The first kappa shape index (κ1) is 14.4. The van der Waals surface area contributed by atoms with E-state index in [2.05, 4.69) is 46.0 Å². The predicted octanol–water partition coefficient (Wildman–Crippen LogP) is 3.29. The monoisotopic (exact) mass is 324 g/mol. The van der Waals surface area contributed by atoms with E-state index in [1.54, 1.807) is 0 Å². The van der Waals surface area contributed by atoms with E-state index in [1.807, 2.05) is 11.0 Å². The summed E-state index contributed by atoms with van der Waals surface area (Å²) in [7, 11) is 0. The van der Waals surface area contributed by atoms with Crippen molar-refractivity contribution in [3.63, 3.8) is 0 Å². The minimum atomic E-state index is 0.314. The molecule has 0 bridgehead atoms. The quantitative estimate of drug-likeness (QED) is 0.848. The number of benzene rings is 1. The summed E-state index contributed by atoms with van der Waals surface area (Å²) in [6, 6.07) is 8.27. The third kappa shape index (κ3) is 3.72. The van der Waals surface area contributed by atoms with Crippen molar-refractivity contribution in [3.05, 3.63) is 28.7 Å². The lowest BCUT2D eigenvalue weighted by atomic mass is 10.2. The SMILES string of the molecule is CCCCC(=O)N1CCN(c2ccccc2Br)CC1. The third-order valence-electron chi connectivity index (χ3n) is 3.57. The fraction of sp³-hybridized carbons (Fsp3) is 0.533. The Labute approximate surface area is 123 Å². The van der Waals surface area contributed by atoms with E-state index in [0.29, 0.717) is 12.3 Å². The Morgan fingerprint density at radius 3 is 2.53 bits per heavy atom. The molecule has 0 aliphatic carbocycles. The number of para-hydroxylation sites is 1. The Bertz CT molecular complexity index is 428. The highest BCUT2D eigenvalue weighted by molar-refractivity contribution is 9.10. The minimum Gasteiger partial charge on any atom is -0.367 e. The molecule has 0 saturated carbocycles. The van der Waals surface area contributed by atoms with Gasteiger partial charge in [-0.3, -0.25) is 4.79 Å². The van der Waals surface area contributed by atoms with E-state index >= 15 is 0 Å². The van der Waals surface area contributed by atoms with Crippen molar-refractivity contribution in [2.75, 3.05) is 31.1 Å². The molecule has 19 heavy (non-hydrogen) atoms. The maximum absolute atomic E-state index is 12.0. The number of hydrogen-bond acceptors (Lipinski definition) is 2. The molecule has 0 spiro atoms. The number of unbranched alkanes of at least 4 members (excludes halogenated alkanes) is 1. The average Bonchev–Trinajstić information content (AvgIpc) is 2.45. The van der Waals surface area contributed by atoms with Gasteiger partial charge < -0.3 is 9.80 Å². The van der Waals surface area contributed by atoms with Gasteiger partial charge in [-0.25, -0.2) is 0 Å². The van der Waals surface area contributed by atoms with Crippen LogP contribution < -0.4 is 4.90 Å². The smallest absolute Gasteiger partial charge is 0.222 e. The Morgan fingerprint density at radius 1 is 1.21 bits per heavy atom. The van der Waals surface area contributed by atoms with Crippen LogP contribution in [0.1, 0.15) is 26.2 Å². The van der Waals surface area contributed by atoms with E-state index in [0.717, 1.165) is 43.5 Å². The lowest BCUT2D eigenvalue weighted by Crippen LogP contribution is -2.48. The van der Waals surface area contributed by atoms with Gasteiger partial charge in [0.05, 0.1) is 5.69 Å². The van der Waals surface area contributed by atoms with E-state index in [9.17, 15) is 4.79 Å². The maximum Gasteiger partial charge on any atom is 0.222 e. The molecule has 1 aliphatic rings. The number of carbonyl (C=O) groups excluding carboxylic acids is 1. The van der Waals surface area contributed by atoms with Crippen molar-refractivity contribution in [2.45, 2.75) is 26.2 Å². The van der Waals surface area contributed by atoms with Crippen LogP contribution in [0.4, 0.5) is 5.69 Å². The Kier molecular flexibility index (Phi) is 5.25. The summed E-state index contributed by atoms with van der Waals surface area (Å²) >= 11 is 3.59. The molecule has 1 fully saturated rings. The summed E-state index contributed by atoms with van der Waals surface area (Å²) in [5.74, 6) is 0.314. The summed E-state index contributed by atoms with van der Waals surface area (Å²) in [6.07, 6.45) is 2.79. The van der Waals surface area contributed by atoms with Gasteiger partial charge in [0.25, 0.3) is 0 Å². The van der Waals surface area contributed by atoms with Crippen molar-refractivity contribution in [3.8, 4) is 0 Å². The van der Waals surface area contributed by atoms with Crippen LogP contribution >= 0.6 is 15.9 Å². The molecule has 4 heteroatoms. The molecule has 1 aromatic carbocycles. The molecule has 0 aromatic heterocycles. The number of anilines is 1. The van der Waals surface area contributed by atoms with E-state index in [-0.39, 0.29) is 0 Å². The van der Waals surface area contributed by atoms with Gasteiger partial charge in [0, 0.05) is 37.1 Å². The second kappa shape index (κ2) is 6.94. The molecule has 104 valence electrons. The lowest BCUT2D eigenvalue weighted by Gasteiger charge is -2.36. The summed E-state index contributed by atoms with van der Waals surface area (Å²) in [4.78, 5) is 16.3. The highest BCUT2D eigenvalue weighted by atomic mass is 79.9. The van der Waals surface area contributed by atoms with Crippen LogP contribution in [-0.4, -0.2) is 37.0 Å². The zero-order valence-electron chi connectivity index (χ0n) is 11.4. The van der Waals surface area contributed by atoms with Gasteiger partial charge >= 0.3 is 0 Å². The van der Waals surface area contributed by atoms with Crippen LogP contribution in [0.5, 0.6) is 0 Å². The molecule has 1 saturated heterocycles. The van der Waals surface area contributed by atoms with Crippen LogP contribution in [0.2, 0.25) is 0 Å². The molecule has 1 aliphatic heterocycles. The van der Waals surface area contributed by atoms with Gasteiger partial charge in [-0.15, -0.1) is 0 Å². The normalized spacial score (nSPS) is 15.7. The zero-order chi connectivity index (χ0) is 13.7. The zero-order valence-corrected chi connectivity index (χ0v) is 13.0. The van der Waals surface area contributed by atoms with Crippen LogP contribution in [0.3, 0.4) is 0 Å². The van der Waals surface area contributed by atoms with Crippen LogP contribution in [-0.2, 0) is 4.79 Å². The van der Waals surface area contributed by atoms with Crippen molar-refractivity contribution in [1.29, 1.82) is 0 Å². The van der Waals surface area contributed by atoms with Crippen molar-refractivity contribution in [1.82, 2.24) is 4.90 Å². The van der Waals surface area contributed by atoms with Crippen LogP contribution in [0, 0.1) is 0 Å².